The number of rotatable bonds is 7. The van der Waals surface area contributed by atoms with Crippen molar-refractivity contribution in [3.63, 3.8) is 0 Å². The van der Waals surface area contributed by atoms with Crippen LogP contribution >= 0.6 is 0 Å². The topological polar surface area (TPSA) is 64.6 Å². The summed E-state index contributed by atoms with van der Waals surface area (Å²) in [5, 5.41) is 2.65. The van der Waals surface area contributed by atoms with Gasteiger partial charge in [-0.3, -0.25) is 0 Å². The fourth-order valence-corrected chi connectivity index (χ4v) is 2.62. The van der Waals surface area contributed by atoms with Gasteiger partial charge in [0.05, 0.1) is 7.11 Å². The molecule has 23 heavy (non-hydrogen) atoms. The molecule has 1 amide bonds. The van der Waals surface area contributed by atoms with E-state index in [1.807, 2.05) is 44.2 Å². The third-order valence-corrected chi connectivity index (χ3v) is 3.97. The molecule has 1 N–H and O–H groups in total. The molecule has 0 radical (unpaired) electrons. The van der Waals surface area contributed by atoms with Crippen molar-refractivity contribution in [1.82, 2.24) is 5.32 Å². The van der Waals surface area contributed by atoms with Gasteiger partial charge in [-0.15, -0.1) is 0 Å². The highest BCUT2D eigenvalue weighted by molar-refractivity contribution is 5.81. The minimum Gasteiger partial charge on any atom is -0.467 e. The van der Waals surface area contributed by atoms with Crippen molar-refractivity contribution in [2.45, 2.75) is 51.2 Å². The summed E-state index contributed by atoms with van der Waals surface area (Å²) in [6.45, 7) is 3.97. The maximum Gasteiger partial charge on any atom is 0.408 e. The second-order valence-corrected chi connectivity index (χ2v) is 6.58. The van der Waals surface area contributed by atoms with E-state index in [1.165, 1.54) is 7.11 Å². The first-order chi connectivity index (χ1) is 10.9. The lowest BCUT2D eigenvalue weighted by atomic mass is 10.0. The van der Waals surface area contributed by atoms with Crippen LogP contribution in [-0.2, 0) is 20.7 Å². The van der Waals surface area contributed by atoms with Crippen molar-refractivity contribution in [3.05, 3.63) is 35.9 Å². The van der Waals surface area contributed by atoms with Gasteiger partial charge in [-0.25, -0.2) is 9.59 Å². The first-order valence-corrected chi connectivity index (χ1v) is 8.05. The fraction of sp³-hybridized carbons (Fsp3) is 0.556. The van der Waals surface area contributed by atoms with Crippen LogP contribution in [0.4, 0.5) is 4.79 Å². The number of benzene rings is 1. The van der Waals surface area contributed by atoms with Gasteiger partial charge < -0.3 is 14.8 Å². The largest absolute Gasteiger partial charge is 0.467 e. The number of alkyl carbamates (subject to hydrolysis) is 1. The van der Waals surface area contributed by atoms with E-state index in [0.29, 0.717) is 12.8 Å². The molecule has 2 rings (SSSR count). The fourth-order valence-electron chi connectivity index (χ4n) is 2.62. The van der Waals surface area contributed by atoms with Crippen molar-refractivity contribution in [3.8, 4) is 0 Å². The number of esters is 1. The Labute approximate surface area is 137 Å². The molecular formula is C18H25NO4. The Morgan fingerprint density at radius 3 is 2.39 bits per heavy atom. The van der Waals surface area contributed by atoms with E-state index in [9.17, 15) is 9.59 Å². The molecule has 1 aliphatic rings. The molecular weight excluding hydrogens is 294 g/mol. The van der Waals surface area contributed by atoms with Crippen molar-refractivity contribution in [1.29, 1.82) is 0 Å². The minimum atomic E-state index is -0.667. The number of carbonyl (C=O) groups is 2. The van der Waals surface area contributed by atoms with Crippen LogP contribution < -0.4 is 5.32 Å². The summed E-state index contributed by atoms with van der Waals surface area (Å²) in [5.74, 6) is -0.179. The zero-order chi connectivity index (χ0) is 16.9. The van der Waals surface area contributed by atoms with Gasteiger partial charge in [-0.05, 0) is 30.7 Å². The van der Waals surface area contributed by atoms with Gasteiger partial charge in [0.2, 0.25) is 0 Å². The Hall–Kier alpha value is -2.04. The Morgan fingerprint density at radius 2 is 1.87 bits per heavy atom. The molecule has 1 fully saturated rings. The molecule has 1 atom stereocenters. The molecule has 5 heteroatoms. The molecule has 0 heterocycles. The molecule has 0 aliphatic heterocycles. The van der Waals surface area contributed by atoms with E-state index in [-0.39, 0.29) is 5.92 Å². The summed E-state index contributed by atoms with van der Waals surface area (Å²) in [7, 11) is 1.32. The molecule has 0 bridgehead atoms. The van der Waals surface area contributed by atoms with Gasteiger partial charge in [0.1, 0.15) is 11.6 Å². The van der Waals surface area contributed by atoms with Crippen LogP contribution in [0.15, 0.2) is 30.3 Å². The third kappa shape index (κ3) is 5.27. The number of methoxy groups -OCH3 is 1. The summed E-state index contributed by atoms with van der Waals surface area (Å²) in [5.41, 5.74) is 0.716. The van der Waals surface area contributed by atoms with E-state index < -0.39 is 23.7 Å². The standard InChI is InChI=1S/C18H25NO4/c1-13(2)11-15(16(20)22-3)19-17(21)23-18(9-10-18)12-14-7-5-4-6-8-14/h4-8,13,15H,9-12H2,1-3H3,(H,19,21)/t15-/m0/s1. The maximum absolute atomic E-state index is 12.2. The summed E-state index contributed by atoms with van der Waals surface area (Å²) in [6.07, 6.45) is 2.38. The number of ether oxygens (including phenoxy) is 2. The van der Waals surface area contributed by atoms with Crippen LogP contribution in [0.5, 0.6) is 0 Å². The monoisotopic (exact) mass is 319 g/mol. The van der Waals surface area contributed by atoms with Crippen molar-refractivity contribution < 1.29 is 19.1 Å². The lowest BCUT2D eigenvalue weighted by Crippen LogP contribution is -2.44. The molecule has 1 aliphatic carbocycles. The highest BCUT2D eigenvalue weighted by Gasteiger charge is 2.47. The van der Waals surface area contributed by atoms with Gasteiger partial charge >= 0.3 is 12.1 Å². The molecule has 0 spiro atoms. The van der Waals surface area contributed by atoms with Crippen LogP contribution in [0.3, 0.4) is 0 Å². The Balaban J connectivity index is 1.91. The average Bonchev–Trinajstić information content (AvgIpc) is 3.25. The summed E-state index contributed by atoms with van der Waals surface area (Å²) in [4.78, 5) is 23.9. The van der Waals surface area contributed by atoms with Crippen molar-refractivity contribution in [2.75, 3.05) is 7.11 Å². The van der Waals surface area contributed by atoms with E-state index in [2.05, 4.69) is 5.32 Å². The zero-order valence-corrected chi connectivity index (χ0v) is 14.0. The van der Waals surface area contributed by atoms with E-state index in [0.717, 1.165) is 18.4 Å². The van der Waals surface area contributed by atoms with Gasteiger partial charge in [0.25, 0.3) is 0 Å². The number of carbonyl (C=O) groups excluding carboxylic acids is 2. The Bertz CT molecular complexity index is 537. The first-order valence-electron chi connectivity index (χ1n) is 8.05. The normalized spacial score (nSPS) is 16.5. The highest BCUT2D eigenvalue weighted by Crippen LogP contribution is 2.42. The number of nitrogens with one attached hydrogen (secondary N) is 1. The van der Waals surface area contributed by atoms with Crippen molar-refractivity contribution >= 4 is 12.1 Å². The summed E-state index contributed by atoms with van der Waals surface area (Å²) < 4.78 is 10.3. The van der Waals surface area contributed by atoms with E-state index in [4.69, 9.17) is 9.47 Å². The Kier molecular flexibility index (Phi) is 5.64. The zero-order valence-electron chi connectivity index (χ0n) is 14.0. The van der Waals surface area contributed by atoms with Crippen LogP contribution in [-0.4, -0.2) is 30.8 Å². The second kappa shape index (κ2) is 7.49. The molecule has 0 unspecified atom stereocenters. The van der Waals surface area contributed by atoms with Gasteiger partial charge in [-0.1, -0.05) is 44.2 Å². The van der Waals surface area contributed by atoms with Crippen LogP contribution in [0.1, 0.15) is 38.7 Å². The van der Waals surface area contributed by atoms with Crippen LogP contribution in [0.2, 0.25) is 0 Å². The maximum atomic E-state index is 12.2. The average molecular weight is 319 g/mol. The molecule has 5 nitrogen and oxygen atoms in total. The quantitative estimate of drug-likeness (QED) is 0.784. The number of amides is 1. The van der Waals surface area contributed by atoms with E-state index in [1.54, 1.807) is 0 Å². The predicted molar refractivity (Wildman–Crippen MR) is 87.0 cm³/mol. The van der Waals surface area contributed by atoms with Crippen LogP contribution in [0.25, 0.3) is 0 Å². The Morgan fingerprint density at radius 1 is 1.22 bits per heavy atom. The van der Waals surface area contributed by atoms with E-state index >= 15 is 0 Å². The highest BCUT2D eigenvalue weighted by atomic mass is 16.6. The molecule has 1 aromatic rings. The molecule has 0 saturated heterocycles. The van der Waals surface area contributed by atoms with Gasteiger partial charge in [-0.2, -0.15) is 0 Å². The molecule has 1 saturated carbocycles. The molecule has 0 aromatic heterocycles. The minimum absolute atomic E-state index is 0.263. The van der Waals surface area contributed by atoms with Crippen LogP contribution in [0, 0.1) is 5.92 Å². The first kappa shape index (κ1) is 17.3. The van der Waals surface area contributed by atoms with Crippen molar-refractivity contribution in [2.24, 2.45) is 5.92 Å². The van der Waals surface area contributed by atoms with Gasteiger partial charge in [0, 0.05) is 6.42 Å². The number of hydrogen-bond donors (Lipinski definition) is 1. The third-order valence-electron chi connectivity index (χ3n) is 3.97. The lowest BCUT2D eigenvalue weighted by Gasteiger charge is -2.21. The second-order valence-electron chi connectivity index (χ2n) is 6.58. The summed E-state index contributed by atoms with van der Waals surface area (Å²) >= 11 is 0. The summed E-state index contributed by atoms with van der Waals surface area (Å²) in [6, 6.07) is 9.29. The lowest BCUT2D eigenvalue weighted by molar-refractivity contribution is -0.143. The molecule has 126 valence electrons. The SMILES string of the molecule is COC(=O)[C@H](CC(C)C)NC(=O)OC1(Cc2ccccc2)CC1. The number of hydrogen-bond acceptors (Lipinski definition) is 4. The molecule has 1 aromatic carbocycles. The smallest absolute Gasteiger partial charge is 0.408 e. The predicted octanol–water partition coefficient (Wildman–Crippen LogP) is 3.08. The van der Waals surface area contributed by atoms with Gasteiger partial charge in [0.15, 0.2) is 0 Å².